The van der Waals surface area contributed by atoms with Crippen molar-refractivity contribution in [3.8, 4) is 11.5 Å². The summed E-state index contributed by atoms with van der Waals surface area (Å²) in [6.45, 7) is 5.77. The molecule has 1 amide bonds. The van der Waals surface area contributed by atoms with Crippen molar-refractivity contribution in [1.29, 1.82) is 0 Å². The Morgan fingerprint density at radius 3 is 2.50 bits per heavy atom. The molecule has 0 radical (unpaired) electrons. The summed E-state index contributed by atoms with van der Waals surface area (Å²) in [5.41, 5.74) is 2.98. The highest BCUT2D eigenvalue weighted by Crippen LogP contribution is 2.29. The Balaban J connectivity index is 1.56. The number of amides is 1. The largest absolute Gasteiger partial charge is 0.497 e. The van der Waals surface area contributed by atoms with E-state index >= 15 is 0 Å². The van der Waals surface area contributed by atoms with Crippen LogP contribution in [0.3, 0.4) is 0 Å². The first-order valence-electron chi connectivity index (χ1n) is 9.25. The summed E-state index contributed by atoms with van der Waals surface area (Å²) in [7, 11) is 3.17. The first-order chi connectivity index (χ1) is 13.5. The quantitative estimate of drug-likeness (QED) is 0.800. The molecule has 1 N–H and O–H groups in total. The van der Waals surface area contributed by atoms with Gasteiger partial charge in [0, 0.05) is 43.0 Å². The summed E-state index contributed by atoms with van der Waals surface area (Å²) in [6.07, 6.45) is 0. The highest BCUT2D eigenvalue weighted by molar-refractivity contribution is 6.30. The predicted molar refractivity (Wildman–Crippen MR) is 113 cm³/mol. The number of hydrogen-bond acceptors (Lipinski definition) is 5. The summed E-state index contributed by atoms with van der Waals surface area (Å²) in [6, 6.07) is 11.3. The van der Waals surface area contributed by atoms with Crippen LogP contribution < -0.4 is 19.7 Å². The third-order valence-electron chi connectivity index (χ3n) is 4.93. The molecule has 0 bridgehead atoms. The third-order valence-corrected chi connectivity index (χ3v) is 5.17. The fourth-order valence-corrected chi connectivity index (χ4v) is 3.54. The number of anilines is 2. The Kier molecular flexibility index (Phi) is 6.65. The van der Waals surface area contributed by atoms with E-state index < -0.39 is 0 Å². The normalized spacial score (nSPS) is 14.6. The Hall–Kier alpha value is -2.44. The number of carbonyl (C=O) groups is 1. The van der Waals surface area contributed by atoms with Crippen molar-refractivity contribution in [3.63, 3.8) is 0 Å². The van der Waals surface area contributed by atoms with Crippen LogP contribution in [0.15, 0.2) is 36.4 Å². The number of ether oxygens (including phenoxy) is 2. The zero-order chi connectivity index (χ0) is 20.1. The van der Waals surface area contributed by atoms with Crippen molar-refractivity contribution in [2.45, 2.75) is 6.92 Å². The van der Waals surface area contributed by atoms with Gasteiger partial charge in [0.2, 0.25) is 5.91 Å². The molecule has 0 unspecified atom stereocenters. The van der Waals surface area contributed by atoms with Gasteiger partial charge in [-0.05, 0) is 36.8 Å². The van der Waals surface area contributed by atoms with Crippen LogP contribution in [0.2, 0.25) is 5.02 Å². The van der Waals surface area contributed by atoms with E-state index in [4.69, 9.17) is 21.1 Å². The topological polar surface area (TPSA) is 54.0 Å². The van der Waals surface area contributed by atoms with Gasteiger partial charge in [0.15, 0.2) is 0 Å². The van der Waals surface area contributed by atoms with Crippen LogP contribution in [0.1, 0.15) is 5.56 Å². The van der Waals surface area contributed by atoms with E-state index in [1.54, 1.807) is 32.4 Å². The average molecular weight is 404 g/mol. The van der Waals surface area contributed by atoms with Crippen LogP contribution >= 0.6 is 11.6 Å². The molecule has 2 aromatic rings. The highest BCUT2D eigenvalue weighted by atomic mass is 35.5. The summed E-state index contributed by atoms with van der Waals surface area (Å²) in [5.74, 6) is 1.20. The van der Waals surface area contributed by atoms with Crippen molar-refractivity contribution in [3.05, 3.63) is 47.0 Å². The van der Waals surface area contributed by atoms with E-state index in [9.17, 15) is 4.79 Å². The van der Waals surface area contributed by atoms with Gasteiger partial charge in [-0.3, -0.25) is 9.69 Å². The molecule has 1 fully saturated rings. The van der Waals surface area contributed by atoms with Crippen LogP contribution in [-0.4, -0.2) is 57.8 Å². The highest BCUT2D eigenvalue weighted by Gasteiger charge is 2.21. The molecule has 0 saturated carbocycles. The minimum atomic E-state index is -0.0704. The maximum absolute atomic E-state index is 12.5. The van der Waals surface area contributed by atoms with E-state index in [0.29, 0.717) is 23.7 Å². The fraction of sp³-hybridized carbons (Fsp3) is 0.381. The summed E-state index contributed by atoms with van der Waals surface area (Å²) < 4.78 is 10.5. The number of benzene rings is 2. The van der Waals surface area contributed by atoms with Crippen LogP contribution in [0.5, 0.6) is 11.5 Å². The number of halogens is 1. The molecule has 1 saturated heterocycles. The molecule has 6 nitrogen and oxygen atoms in total. The van der Waals surface area contributed by atoms with Gasteiger partial charge in [-0.15, -0.1) is 0 Å². The number of methoxy groups -OCH3 is 2. The number of hydrogen-bond donors (Lipinski definition) is 1. The Bertz CT molecular complexity index is 836. The first-order valence-corrected chi connectivity index (χ1v) is 9.63. The monoisotopic (exact) mass is 403 g/mol. The van der Waals surface area contributed by atoms with E-state index in [2.05, 4.69) is 22.0 Å². The van der Waals surface area contributed by atoms with Gasteiger partial charge in [0.1, 0.15) is 11.5 Å². The number of piperazine rings is 1. The molecule has 0 aromatic heterocycles. The molecule has 28 heavy (non-hydrogen) atoms. The molecule has 1 heterocycles. The van der Waals surface area contributed by atoms with Crippen LogP contribution in [0.25, 0.3) is 0 Å². The zero-order valence-electron chi connectivity index (χ0n) is 16.5. The predicted octanol–water partition coefficient (Wildman–Crippen LogP) is 3.43. The second-order valence-electron chi connectivity index (χ2n) is 6.81. The molecule has 3 rings (SSSR count). The van der Waals surface area contributed by atoms with Gasteiger partial charge in [0.05, 0.1) is 26.5 Å². The Morgan fingerprint density at radius 2 is 1.82 bits per heavy atom. The smallest absolute Gasteiger partial charge is 0.238 e. The molecular weight excluding hydrogens is 378 g/mol. The van der Waals surface area contributed by atoms with Gasteiger partial charge in [0.25, 0.3) is 0 Å². The summed E-state index contributed by atoms with van der Waals surface area (Å²) in [5, 5.41) is 3.67. The standard InChI is InChI=1S/C21H26ClN3O3/c1-15-4-5-16(22)12-19(15)25-10-8-24(9-11-25)14-21(26)23-18-13-17(27-2)6-7-20(18)28-3/h4-7,12-13H,8-11,14H2,1-3H3,(H,23,26). The van der Waals surface area contributed by atoms with Crippen molar-refractivity contribution in [1.82, 2.24) is 4.90 Å². The van der Waals surface area contributed by atoms with Gasteiger partial charge in [-0.25, -0.2) is 0 Å². The molecule has 2 aromatic carbocycles. The lowest BCUT2D eigenvalue weighted by molar-refractivity contribution is -0.117. The van der Waals surface area contributed by atoms with Crippen LogP contribution in [-0.2, 0) is 4.79 Å². The summed E-state index contributed by atoms with van der Waals surface area (Å²) in [4.78, 5) is 17.0. The van der Waals surface area contributed by atoms with Crippen LogP contribution in [0, 0.1) is 6.92 Å². The number of nitrogens with one attached hydrogen (secondary N) is 1. The first kappa shape index (κ1) is 20.3. The number of nitrogens with zero attached hydrogens (tertiary/aromatic N) is 2. The summed E-state index contributed by atoms with van der Waals surface area (Å²) >= 11 is 6.15. The molecule has 0 spiro atoms. The third kappa shape index (κ3) is 4.88. The van der Waals surface area contributed by atoms with Gasteiger partial charge >= 0.3 is 0 Å². The lowest BCUT2D eigenvalue weighted by atomic mass is 10.1. The van der Waals surface area contributed by atoms with E-state index in [-0.39, 0.29) is 5.91 Å². The zero-order valence-corrected chi connectivity index (χ0v) is 17.3. The van der Waals surface area contributed by atoms with Gasteiger partial charge in [-0.2, -0.15) is 0 Å². The number of carbonyl (C=O) groups excluding carboxylic acids is 1. The molecular formula is C21H26ClN3O3. The van der Waals surface area contributed by atoms with E-state index in [0.717, 1.165) is 36.9 Å². The molecule has 1 aliphatic rings. The van der Waals surface area contributed by atoms with Crippen molar-refractivity contribution >= 4 is 28.9 Å². The molecule has 0 aliphatic carbocycles. The minimum absolute atomic E-state index is 0.0704. The number of aryl methyl sites for hydroxylation is 1. The Labute approximate surface area is 171 Å². The minimum Gasteiger partial charge on any atom is -0.497 e. The van der Waals surface area contributed by atoms with Gasteiger partial charge in [-0.1, -0.05) is 17.7 Å². The number of rotatable bonds is 6. The Morgan fingerprint density at radius 1 is 1.07 bits per heavy atom. The lowest BCUT2D eigenvalue weighted by Gasteiger charge is -2.36. The maximum Gasteiger partial charge on any atom is 0.238 e. The fourth-order valence-electron chi connectivity index (χ4n) is 3.37. The van der Waals surface area contributed by atoms with Crippen LogP contribution in [0.4, 0.5) is 11.4 Å². The SMILES string of the molecule is COc1ccc(OC)c(NC(=O)CN2CCN(c3cc(Cl)ccc3C)CC2)c1. The van der Waals surface area contributed by atoms with Gasteiger partial charge < -0.3 is 19.7 Å². The van der Waals surface area contributed by atoms with Crippen molar-refractivity contribution < 1.29 is 14.3 Å². The maximum atomic E-state index is 12.5. The average Bonchev–Trinajstić information content (AvgIpc) is 2.70. The van der Waals surface area contributed by atoms with Crippen molar-refractivity contribution in [2.24, 2.45) is 0 Å². The van der Waals surface area contributed by atoms with Crippen molar-refractivity contribution in [2.75, 3.05) is 57.2 Å². The molecule has 1 aliphatic heterocycles. The van der Waals surface area contributed by atoms with E-state index in [1.807, 2.05) is 18.2 Å². The second-order valence-corrected chi connectivity index (χ2v) is 7.24. The molecule has 150 valence electrons. The molecule has 0 atom stereocenters. The lowest BCUT2D eigenvalue weighted by Crippen LogP contribution is -2.48. The second kappa shape index (κ2) is 9.17. The van der Waals surface area contributed by atoms with E-state index in [1.165, 1.54) is 5.56 Å². The molecule has 7 heteroatoms.